The van der Waals surface area contributed by atoms with Gasteiger partial charge in [-0.2, -0.15) is 5.26 Å². The summed E-state index contributed by atoms with van der Waals surface area (Å²) in [6.45, 7) is 0. The fourth-order valence-corrected chi connectivity index (χ4v) is 3.34. The quantitative estimate of drug-likeness (QED) is 0.688. The van der Waals surface area contributed by atoms with Crippen molar-refractivity contribution < 1.29 is 8.42 Å². The number of sulfonamides is 1. The first-order chi connectivity index (χ1) is 11.5. The number of aromatic amines is 1. The van der Waals surface area contributed by atoms with Crippen LogP contribution in [0.1, 0.15) is 5.56 Å². The first-order valence-corrected chi connectivity index (χ1v) is 8.82. The summed E-state index contributed by atoms with van der Waals surface area (Å²) in [6.07, 6.45) is 3.01. The van der Waals surface area contributed by atoms with Gasteiger partial charge in [-0.1, -0.05) is 29.8 Å². The molecule has 0 fully saturated rings. The predicted octanol–water partition coefficient (Wildman–Crippen LogP) is 4.13. The van der Waals surface area contributed by atoms with Gasteiger partial charge in [0.25, 0.3) is 10.0 Å². The summed E-state index contributed by atoms with van der Waals surface area (Å²) in [5, 5.41) is 10.6. The lowest BCUT2D eigenvalue weighted by molar-refractivity contribution is 0.608. The molecule has 0 atom stereocenters. The van der Waals surface area contributed by atoms with Gasteiger partial charge in [0.1, 0.15) is 6.07 Å². The number of hydrogen-bond acceptors (Lipinski definition) is 3. The number of nitriles is 1. The highest BCUT2D eigenvalue weighted by molar-refractivity contribution is 7.96. The maximum Gasteiger partial charge on any atom is 0.272 e. The van der Waals surface area contributed by atoms with Gasteiger partial charge >= 0.3 is 0 Å². The Morgan fingerprint density at radius 3 is 2.58 bits per heavy atom. The number of allylic oxidation sites excluding steroid dienone is 1. The van der Waals surface area contributed by atoms with Crippen molar-refractivity contribution in [1.82, 2.24) is 4.98 Å². The number of para-hydroxylation sites is 1. The number of H-pyrrole nitrogens is 1. The van der Waals surface area contributed by atoms with Gasteiger partial charge in [0.05, 0.1) is 0 Å². The lowest BCUT2D eigenvalue weighted by Gasteiger charge is -2.06. The van der Waals surface area contributed by atoms with Crippen molar-refractivity contribution in [3.8, 4) is 6.07 Å². The Labute approximate surface area is 144 Å². The highest BCUT2D eigenvalue weighted by Crippen LogP contribution is 2.23. The first-order valence-electron chi connectivity index (χ1n) is 6.96. The van der Waals surface area contributed by atoms with Crippen molar-refractivity contribution in [1.29, 1.82) is 5.26 Å². The molecule has 2 N–H and O–H groups in total. The number of nitrogens with one attached hydrogen (secondary N) is 2. The van der Waals surface area contributed by atoms with E-state index < -0.39 is 10.0 Å². The Hall–Kier alpha value is -2.75. The molecule has 0 aliphatic rings. The van der Waals surface area contributed by atoms with Gasteiger partial charge < -0.3 is 4.98 Å². The SMILES string of the molecule is N#CC(=Cc1c[nH]c2ccccc12)S(=O)(=O)Nc1ccc(Cl)cc1. The summed E-state index contributed by atoms with van der Waals surface area (Å²) in [5.41, 5.74) is 1.83. The average Bonchev–Trinajstić information content (AvgIpc) is 2.97. The fraction of sp³-hybridized carbons (Fsp3) is 0. The molecule has 0 saturated heterocycles. The maximum atomic E-state index is 12.4. The van der Waals surface area contributed by atoms with Crippen LogP contribution in [0.4, 0.5) is 5.69 Å². The zero-order valence-corrected chi connectivity index (χ0v) is 13.9. The monoisotopic (exact) mass is 357 g/mol. The Bertz CT molecular complexity index is 1060. The molecule has 2 aromatic carbocycles. The summed E-state index contributed by atoms with van der Waals surface area (Å²) in [4.78, 5) is 2.67. The number of nitrogens with zero attached hydrogens (tertiary/aromatic N) is 1. The van der Waals surface area contributed by atoms with Crippen LogP contribution >= 0.6 is 11.6 Å². The standard InChI is InChI=1S/C17H12ClN3O2S/c18-13-5-7-14(8-6-13)21-24(22,23)15(10-19)9-12-11-20-17-4-2-1-3-16(12)17/h1-9,11,20-21H. The molecule has 0 unspecified atom stereocenters. The maximum absolute atomic E-state index is 12.4. The molecule has 3 rings (SSSR count). The minimum atomic E-state index is -3.99. The van der Waals surface area contributed by atoms with E-state index >= 15 is 0 Å². The van der Waals surface area contributed by atoms with E-state index in [-0.39, 0.29) is 4.91 Å². The number of anilines is 1. The number of hydrogen-bond donors (Lipinski definition) is 2. The molecular weight excluding hydrogens is 346 g/mol. The van der Waals surface area contributed by atoms with Gasteiger partial charge in [-0.3, -0.25) is 4.72 Å². The van der Waals surface area contributed by atoms with E-state index in [9.17, 15) is 13.7 Å². The van der Waals surface area contributed by atoms with Crippen LogP contribution < -0.4 is 4.72 Å². The molecule has 0 aliphatic carbocycles. The van der Waals surface area contributed by atoms with Crippen molar-refractivity contribution in [2.45, 2.75) is 0 Å². The van der Waals surface area contributed by atoms with Crippen molar-refractivity contribution in [3.05, 3.63) is 70.2 Å². The first kappa shape index (κ1) is 16.1. The molecule has 0 bridgehead atoms. The van der Waals surface area contributed by atoms with Crippen LogP contribution in [0.25, 0.3) is 17.0 Å². The van der Waals surface area contributed by atoms with Crippen molar-refractivity contribution >= 4 is 44.3 Å². The van der Waals surface area contributed by atoms with E-state index in [4.69, 9.17) is 11.6 Å². The minimum absolute atomic E-state index is 0.333. The fourth-order valence-electron chi connectivity index (χ4n) is 2.25. The zero-order chi connectivity index (χ0) is 17.2. The number of rotatable bonds is 4. The predicted molar refractivity (Wildman–Crippen MR) is 95.9 cm³/mol. The molecule has 0 amide bonds. The molecule has 120 valence electrons. The third kappa shape index (κ3) is 3.27. The van der Waals surface area contributed by atoms with Gasteiger partial charge in [0.2, 0.25) is 0 Å². The normalized spacial score (nSPS) is 12.1. The summed E-state index contributed by atoms with van der Waals surface area (Å²) in [7, 11) is -3.99. The Morgan fingerprint density at radius 1 is 1.17 bits per heavy atom. The topological polar surface area (TPSA) is 85.8 Å². The third-order valence-corrected chi connectivity index (χ3v) is 4.95. The van der Waals surface area contributed by atoms with Gasteiger partial charge in [-0.05, 0) is 36.4 Å². The number of halogens is 1. The summed E-state index contributed by atoms with van der Waals surface area (Å²) in [5.74, 6) is 0. The van der Waals surface area contributed by atoms with Crippen molar-refractivity contribution in [2.24, 2.45) is 0 Å². The second-order valence-corrected chi connectivity index (χ2v) is 7.11. The second kappa shape index (κ2) is 6.40. The highest BCUT2D eigenvalue weighted by atomic mass is 35.5. The molecule has 1 aromatic heterocycles. The zero-order valence-electron chi connectivity index (χ0n) is 12.3. The molecule has 3 aromatic rings. The van der Waals surface area contributed by atoms with Crippen LogP contribution in [-0.2, 0) is 10.0 Å². The highest BCUT2D eigenvalue weighted by Gasteiger charge is 2.18. The van der Waals surface area contributed by atoms with E-state index in [1.54, 1.807) is 24.4 Å². The van der Waals surface area contributed by atoms with E-state index in [1.807, 2.05) is 24.3 Å². The van der Waals surface area contributed by atoms with Crippen LogP contribution in [0.3, 0.4) is 0 Å². The number of aromatic nitrogens is 1. The molecule has 0 aliphatic heterocycles. The van der Waals surface area contributed by atoms with E-state index in [2.05, 4.69) is 9.71 Å². The molecular formula is C17H12ClN3O2S. The summed E-state index contributed by atoms with van der Waals surface area (Å²) < 4.78 is 27.2. The van der Waals surface area contributed by atoms with Crippen LogP contribution in [-0.4, -0.2) is 13.4 Å². The summed E-state index contributed by atoms with van der Waals surface area (Å²) in [6, 6.07) is 15.4. The van der Waals surface area contributed by atoms with Crippen LogP contribution in [0.5, 0.6) is 0 Å². The van der Waals surface area contributed by atoms with Gasteiger partial charge in [0, 0.05) is 33.4 Å². The largest absolute Gasteiger partial charge is 0.361 e. The molecule has 24 heavy (non-hydrogen) atoms. The Kier molecular flexibility index (Phi) is 4.30. The Balaban J connectivity index is 1.98. The van der Waals surface area contributed by atoms with E-state index in [0.717, 1.165) is 10.9 Å². The third-order valence-electron chi connectivity index (χ3n) is 3.40. The van der Waals surface area contributed by atoms with Crippen LogP contribution in [0.2, 0.25) is 5.02 Å². The van der Waals surface area contributed by atoms with E-state index in [1.165, 1.54) is 18.2 Å². The smallest absolute Gasteiger partial charge is 0.272 e. The molecule has 5 nitrogen and oxygen atoms in total. The molecule has 0 spiro atoms. The lowest BCUT2D eigenvalue weighted by atomic mass is 10.1. The number of fused-ring (bicyclic) bond motifs is 1. The van der Waals surface area contributed by atoms with E-state index in [0.29, 0.717) is 16.3 Å². The summed E-state index contributed by atoms with van der Waals surface area (Å²) >= 11 is 5.78. The van der Waals surface area contributed by atoms with Gasteiger partial charge in [-0.15, -0.1) is 0 Å². The molecule has 7 heteroatoms. The minimum Gasteiger partial charge on any atom is -0.361 e. The average molecular weight is 358 g/mol. The van der Waals surface area contributed by atoms with Crippen molar-refractivity contribution in [3.63, 3.8) is 0 Å². The lowest BCUT2D eigenvalue weighted by Crippen LogP contribution is -2.14. The Morgan fingerprint density at radius 2 is 1.88 bits per heavy atom. The molecule has 0 radical (unpaired) electrons. The van der Waals surface area contributed by atoms with Crippen molar-refractivity contribution in [2.75, 3.05) is 4.72 Å². The molecule has 1 heterocycles. The van der Waals surface area contributed by atoms with Crippen LogP contribution in [0.15, 0.2) is 59.6 Å². The second-order valence-electron chi connectivity index (χ2n) is 5.02. The number of benzene rings is 2. The van der Waals surface area contributed by atoms with Gasteiger partial charge in [0.15, 0.2) is 4.91 Å². The molecule has 0 saturated carbocycles. The van der Waals surface area contributed by atoms with Crippen LogP contribution in [0, 0.1) is 11.3 Å². The van der Waals surface area contributed by atoms with Gasteiger partial charge in [-0.25, -0.2) is 8.42 Å².